The molecule has 0 nitrogen and oxygen atoms in total. The van der Waals surface area contributed by atoms with Gasteiger partial charge in [0.2, 0.25) is 0 Å². The number of hydrogen-bond donors (Lipinski definition) is 0. The second kappa shape index (κ2) is 5.13. The molecule has 3 rings (SSSR count). The standard InChI is InChI=1S/3C5H7.Sb/c3*1-2-4-5-3-1;/h3*1-3H,4-5H2;. The van der Waals surface area contributed by atoms with Gasteiger partial charge in [0.05, 0.1) is 0 Å². The normalized spacial score (nSPS) is 36.9. The molecule has 0 amide bonds. The first-order valence-electron chi connectivity index (χ1n) is 6.72. The SMILES string of the molecule is C1=C[CH]([Sb]([CH]2C=CCC2)[CH]2C=CCC2)CC1. The molecule has 0 saturated carbocycles. The van der Waals surface area contributed by atoms with E-state index < -0.39 is 20.2 Å². The maximum atomic E-state index is 2.58. The fourth-order valence-electron chi connectivity index (χ4n) is 3.33. The maximum absolute atomic E-state index is 2.58. The van der Waals surface area contributed by atoms with Crippen LogP contribution in [0.25, 0.3) is 0 Å². The van der Waals surface area contributed by atoms with E-state index in [1.54, 1.807) is 0 Å². The zero-order valence-corrected chi connectivity index (χ0v) is 12.4. The van der Waals surface area contributed by atoms with Crippen molar-refractivity contribution in [3.63, 3.8) is 0 Å². The second-order valence-electron chi connectivity index (χ2n) is 5.17. The minimum absolute atomic E-state index is 1.04. The summed E-state index contributed by atoms with van der Waals surface area (Å²) >= 11 is -1.15. The van der Waals surface area contributed by atoms with Crippen LogP contribution in [0.1, 0.15) is 38.5 Å². The Balaban J connectivity index is 1.78. The van der Waals surface area contributed by atoms with Crippen molar-refractivity contribution in [3.05, 3.63) is 36.5 Å². The van der Waals surface area contributed by atoms with Crippen LogP contribution in [0.4, 0.5) is 0 Å². The predicted molar refractivity (Wildman–Crippen MR) is 72.1 cm³/mol. The molecule has 0 spiro atoms. The molecule has 3 atom stereocenters. The van der Waals surface area contributed by atoms with Crippen LogP contribution < -0.4 is 0 Å². The van der Waals surface area contributed by atoms with E-state index >= 15 is 0 Å². The summed E-state index contributed by atoms with van der Waals surface area (Å²) in [5, 5.41) is 0. The molecular weight excluding hydrogens is 302 g/mol. The zero-order chi connectivity index (χ0) is 10.8. The fraction of sp³-hybridized carbons (Fsp3) is 0.600. The Kier molecular flexibility index (Phi) is 3.57. The summed E-state index contributed by atoms with van der Waals surface area (Å²) in [5.41, 5.74) is 0. The molecule has 16 heavy (non-hydrogen) atoms. The first-order chi connectivity index (χ1) is 7.95. The van der Waals surface area contributed by atoms with Gasteiger partial charge in [-0.3, -0.25) is 0 Å². The molecule has 0 bridgehead atoms. The van der Waals surface area contributed by atoms with Gasteiger partial charge in [-0.15, -0.1) is 0 Å². The van der Waals surface area contributed by atoms with Gasteiger partial charge < -0.3 is 0 Å². The van der Waals surface area contributed by atoms with Gasteiger partial charge in [0.1, 0.15) is 0 Å². The monoisotopic (exact) mass is 322 g/mol. The molecule has 0 saturated heterocycles. The molecule has 0 N–H and O–H groups in total. The summed E-state index contributed by atoms with van der Waals surface area (Å²) in [7, 11) is 0. The van der Waals surface area contributed by atoms with Crippen molar-refractivity contribution in [3.8, 4) is 0 Å². The molecule has 0 aromatic carbocycles. The fourth-order valence-corrected chi connectivity index (χ4v) is 14.1. The van der Waals surface area contributed by atoms with Gasteiger partial charge in [0.15, 0.2) is 0 Å². The summed E-state index contributed by atoms with van der Waals surface area (Å²) in [4.78, 5) is 0. The quantitative estimate of drug-likeness (QED) is 0.524. The zero-order valence-electron chi connectivity index (χ0n) is 9.89. The molecule has 3 aliphatic rings. The third kappa shape index (κ3) is 2.19. The van der Waals surface area contributed by atoms with Gasteiger partial charge >= 0.3 is 107 Å². The van der Waals surface area contributed by atoms with Crippen LogP contribution in [-0.2, 0) is 0 Å². The van der Waals surface area contributed by atoms with Crippen molar-refractivity contribution in [2.45, 2.75) is 50.1 Å². The van der Waals surface area contributed by atoms with E-state index in [2.05, 4.69) is 36.5 Å². The molecule has 0 aliphatic heterocycles. The average Bonchev–Trinajstić information content (AvgIpc) is 3.02. The van der Waals surface area contributed by atoms with Gasteiger partial charge in [0.25, 0.3) is 0 Å². The summed E-state index contributed by atoms with van der Waals surface area (Å²) in [6.07, 6.45) is 23.6. The van der Waals surface area contributed by atoms with Crippen LogP contribution in [0.2, 0.25) is 11.6 Å². The van der Waals surface area contributed by atoms with E-state index in [9.17, 15) is 0 Å². The van der Waals surface area contributed by atoms with E-state index in [0.717, 1.165) is 11.6 Å². The Labute approximate surface area is 106 Å². The van der Waals surface area contributed by atoms with E-state index in [0.29, 0.717) is 0 Å². The third-order valence-corrected chi connectivity index (χ3v) is 14.4. The molecule has 3 aliphatic carbocycles. The van der Waals surface area contributed by atoms with Crippen molar-refractivity contribution in [2.75, 3.05) is 0 Å². The van der Waals surface area contributed by atoms with E-state index in [4.69, 9.17) is 0 Å². The number of allylic oxidation sites excluding steroid dienone is 6. The summed E-state index contributed by atoms with van der Waals surface area (Å²) in [6, 6.07) is 0. The molecular formula is C15H21Sb. The van der Waals surface area contributed by atoms with Gasteiger partial charge in [-0.1, -0.05) is 0 Å². The van der Waals surface area contributed by atoms with Crippen LogP contribution in [0.3, 0.4) is 0 Å². The average molecular weight is 323 g/mol. The van der Waals surface area contributed by atoms with E-state index in [-0.39, 0.29) is 0 Å². The Bertz CT molecular complexity index is 274. The van der Waals surface area contributed by atoms with Gasteiger partial charge in [-0.05, 0) is 0 Å². The van der Waals surface area contributed by atoms with Crippen LogP contribution in [0, 0.1) is 0 Å². The third-order valence-electron chi connectivity index (χ3n) is 4.11. The molecule has 0 aromatic heterocycles. The van der Waals surface area contributed by atoms with Crippen LogP contribution in [0.15, 0.2) is 36.5 Å². The van der Waals surface area contributed by atoms with Crippen molar-refractivity contribution >= 4 is 20.2 Å². The van der Waals surface area contributed by atoms with Crippen LogP contribution >= 0.6 is 0 Å². The predicted octanol–water partition coefficient (Wildman–Crippen LogP) is 4.64. The summed E-state index contributed by atoms with van der Waals surface area (Å²) in [5.74, 6) is 0. The van der Waals surface area contributed by atoms with E-state index in [1.165, 1.54) is 38.5 Å². The second-order valence-corrected chi connectivity index (χ2v) is 13.4. The minimum atomic E-state index is -1.15. The first-order valence-corrected chi connectivity index (χ1v) is 11.1. The Hall–Kier alpha value is 0.0382. The molecule has 3 unspecified atom stereocenters. The van der Waals surface area contributed by atoms with Gasteiger partial charge in [0, 0.05) is 0 Å². The topological polar surface area (TPSA) is 0 Å². The van der Waals surface area contributed by atoms with E-state index in [1.807, 2.05) is 0 Å². The Morgan fingerprint density at radius 1 is 0.625 bits per heavy atom. The van der Waals surface area contributed by atoms with Crippen molar-refractivity contribution in [1.82, 2.24) is 0 Å². The molecule has 0 fully saturated rings. The van der Waals surface area contributed by atoms with Crippen molar-refractivity contribution in [2.24, 2.45) is 0 Å². The summed E-state index contributed by atoms with van der Waals surface area (Å²) in [6.45, 7) is 0. The first kappa shape index (κ1) is 11.1. The van der Waals surface area contributed by atoms with Crippen LogP contribution in [0.5, 0.6) is 0 Å². The number of hydrogen-bond acceptors (Lipinski definition) is 0. The summed E-state index contributed by atoms with van der Waals surface area (Å²) < 4.78 is 3.13. The molecule has 0 heterocycles. The number of rotatable bonds is 3. The molecule has 0 aromatic rings. The molecule has 86 valence electrons. The molecule has 0 radical (unpaired) electrons. The Morgan fingerprint density at radius 2 is 1.00 bits per heavy atom. The van der Waals surface area contributed by atoms with Crippen LogP contribution in [-0.4, -0.2) is 20.2 Å². The Morgan fingerprint density at radius 3 is 1.25 bits per heavy atom. The van der Waals surface area contributed by atoms with Gasteiger partial charge in [-0.25, -0.2) is 0 Å². The van der Waals surface area contributed by atoms with Crippen molar-refractivity contribution in [1.29, 1.82) is 0 Å². The van der Waals surface area contributed by atoms with Crippen molar-refractivity contribution < 1.29 is 0 Å². The molecule has 1 heteroatoms. The van der Waals surface area contributed by atoms with Gasteiger partial charge in [-0.2, -0.15) is 0 Å².